The molecular formula is C26H27ClN2O4. The van der Waals surface area contributed by atoms with Crippen LogP contribution in [-0.2, 0) is 9.59 Å². The molecule has 7 heteroatoms. The maximum Gasteiger partial charge on any atom is 0.414 e. The molecule has 0 spiro atoms. The van der Waals surface area contributed by atoms with Gasteiger partial charge in [0.25, 0.3) is 0 Å². The number of benzene rings is 3. The van der Waals surface area contributed by atoms with Crippen molar-refractivity contribution in [2.24, 2.45) is 0 Å². The molecule has 0 radical (unpaired) electrons. The number of rotatable bonds is 4. The summed E-state index contributed by atoms with van der Waals surface area (Å²) in [4.78, 5) is 23.3. The minimum absolute atomic E-state index is 0.301. The van der Waals surface area contributed by atoms with E-state index < -0.39 is 11.9 Å². The van der Waals surface area contributed by atoms with Crippen LogP contribution in [0.1, 0.15) is 22.7 Å². The van der Waals surface area contributed by atoms with E-state index in [1.54, 1.807) is 0 Å². The third-order valence-corrected chi connectivity index (χ3v) is 5.84. The largest absolute Gasteiger partial charge is 0.473 e. The molecule has 3 aromatic carbocycles. The first kappa shape index (κ1) is 24.3. The van der Waals surface area contributed by atoms with Crippen LogP contribution in [0.2, 0.25) is 5.02 Å². The number of hydrogen-bond donors (Lipinski definition) is 2. The van der Waals surface area contributed by atoms with Crippen molar-refractivity contribution in [3.8, 4) is 0 Å². The van der Waals surface area contributed by atoms with E-state index in [0.29, 0.717) is 6.04 Å². The van der Waals surface area contributed by atoms with Gasteiger partial charge in [0, 0.05) is 36.9 Å². The number of carboxylic acid groups (broad SMARTS) is 2. The molecule has 2 N–H and O–H groups in total. The number of hydrogen-bond acceptors (Lipinski definition) is 4. The van der Waals surface area contributed by atoms with Crippen LogP contribution in [0.4, 0.5) is 5.69 Å². The monoisotopic (exact) mass is 466 g/mol. The second-order valence-electron chi connectivity index (χ2n) is 7.79. The third-order valence-electron chi connectivity index (χ3n) is 5.60. The highest BCUT2D eigenvalue weighted by Gasteiger charge is 2.26. The number of carbonyl (C=O) groups is 2. The average Bonchev–Trinajstić information content (AvgIpc) is 2.83. The Morgan fingerprint density at radius 1 is 0.788 bits per heavy atom. The molecule has 0 atom stereocenters. The molecular weight excluding hydrogens is 440 g/mol. The summed E-state index contributed by atoms with van der Waals surface area (Å²) < 4.78 is 0. The number of nitrogens with zero attached hydrogens (tertiary/aromatic N) is 2. The molecule has 1 heterocycles. The smallest absolute Gasteiger partial charge is 0.414 e. The molecule has 3 aromatic rings. The lowest BCUT2D eigenvalue weighted by Gasteiger charge is -2.41. The molecule has 0 amide bonds. The van der Waals surface area contributed by atoms with Gasteiger partial charge in [-0.05, 0) is 35.7 Å². The summed E-state index contributed by atoms with van der Waals surface area (Å²) >= 11 is 6.24. The van der Waals surface area contributed by atoms with Crippen LogP contribution in [0.5, 0.6) is 0 Å². The lowest BCUT2D eigenvalue weighted by molar-refractivity contribution is -0.159. The standard InChI is InChI=1S/C24H25ClN2.C2H2O4/c1-19-12-13-22(25)18-23(19)26-14-16-27(17-15-26)24(20-8-4-2-5-9-20)21-10-6-3-7-11-21;3-1(4)2(5)6/h2-13,18,24H,14-17H2,1H3;(H,3,4)(H,5,6). The first-order chi connectivity index (χ1) is 15.9. The molecule has 4 rings (SSSR count). The zero-order valence-corrected chi connectivity index (χ0v) is 19.2. The number of aryl methyl sites for hydroxylation is 1. The fraction of sp³-hybridized carbons (Fsp3) is 0.231. The summed E-state index contributed by atoms with van der Waals surface area (Å²) in [6.07, 6.45) is 0. The van der Waals surface area contributed by atoms with Crippen molar-refractivity contribution in [2.45, 2.75) is 13.0 Å². The lowest BCUT2D eigenvalue weighted by Crippen LogP contribution is -2.48. The highest BCUT2D eigenvalue weighted by Crippen LogP contribution is 2.31. The lowest BCUT2D eigenvalue weighted by atomic mass is 9.96. The van der Waals surface area contributed by atoms with Crippen LogP contribution in [0.25, 0.3) is 0 Å². The summed E-state index contributed by atoms with van der Waals surface area (Å²) in [6.45, 7) is 6.24. The van der Waals surface area contributed by atoms with Gasteiger partial charge < -0.3 is 15.1 Å². The van der Waals surface area contributed by atoms with Gasteiger partial charge in [-0.3, -0.25) is 4.90 Å². The van der Waals surface area contributed by atoms with Crippen molar-refractivity contribution in [3.05, 3.63) is 101 Å². The van der Waals surface area contributed by atoms with Crippen LogP contribution in [0.15, 0.2) is 78.9 Å². The second-order valence-corrected chi connectivity index (χ2v) is 8.22. The van der Waals surface area contributed by atoms with E-state index in [-0.39, 0.29) is 0 Å². The summed E-state index contributed by atoms with van der Waals surface area (Å²) in [5.74, 6) is -3.65. The van der Waals surface area contributed by atoms with Gasteiger partial charge in [0.1, 0.15) is 0 Å². The molecule has 1 aliphatic heterocycles. The maximum atomic E-state index is 9.10. The zero-order valence-electron chi connectivity index (χ0n) is 18.4. The van der Waals surface area contributed by atoms with Crippen LogP contribution >= 0.6 is 11.6 Å². The zero-order chi connectivity index (χ0) is 23.8. The molecule has 0 unspecified atom stereocenters. The predicted molar refractivity (Wildman–Crippen MR) is 130 cm³/mol. The molecule has 0 saturated carbocycles. The van der Waals surface area contributed by atoms with Gasteiger partial charge in [0.15, 0.2) is 0 Å². The fourth-order valence-electron chi connectivity index (χ4n) is 4.03. The molecule has 0 aliphatic carbocycles. The van der Waals surface area contributed by atoms with Gasteiger partial charge >= 0.3 is 11.9 Å². The van der Waals surface area contributed by atoms with Gasteiger partial charge in [0.05, 0.1) is 6.04 Å². The van der Waals surface area contributed by atoms with Gasteiger partial charge in [-0.1, -0.05) is 78.3 Å². The van der Waals surface area contributed by atoms with Gasteiger partial charge in [0.2, 0.25) is 0 Å². The molecule has 1 saturated heterocycles. The maximum absolute atomic E-state index is 9.10. The molecule has 1 fully saturated rings. The average molecular weight is 467 g/mol. The second kappa shape index (κ2) is 11.5. The SMILES string of the molecule is Cc1ccc(Cl)cc1N1CCN(C(c2ccccc2)c2ccccc2)CC1.O=C(O)C(=O)O. The van der Waals surface area contributed by atoms with E-state index in [1.165, 1.54) is 22.4 Å². The van der Waals surface area contributed by atoms with Crippen molar-refractivity contribution in [1.29, 1.82) is 0 Å². The van der Waals surface area contributed by atoms with E-state index in [1.807, 2.05) is 6.07 Å². The first-order valence-corrected chi connectivity index (χ1v) is 11.1. The fourth-order valence-corrected chi connectivity index (χ4v) is 4.20. The van der Waals surface area contributed by atoms with Crippen LogP contribution in [0.3, 0.4) is 0 Å². The molecule has 0 bridgehead atoms. The van der Waals surface area contributed by atoms with E-state index in [0.717, 1.165) is 31.2 Å². The van der Waals surface area contributed by atoms with Crippen molar-refractivity contribution in [1.82, 2.24) is 4.90 Å². The quantitative estimate of drug-likeness (QED) is 0.542. The number of carboxylic acids is 2. The van der Waals surface area contributed by atoms with E-state index in [4.69, 9.17) is 31.4 Å². The number of anilines is 1. The van der Waals surface area contributed by atoms with Crippen LogP contribution in [-0.4, -0.2) is 53.2 Å². The topological polar surface area (TPSA) is 81.1 Å². The van der Waals surface area contributed by atoms with Crippen molar-refractivity contribution in [2.75, 3.05) is 31.1 Å². The molecule has 172 valence electrons. The molecule has 1 aliphatic rings. The minimum Gasteiger partial charge on any atom is -0.473 e. The molecule has 0 aromatic heterocycles. The normalized spacial score (nSPS) is 13.8. The van der Waals surface area contributed by atoms with E-state index in [9.17, 15) is 0 Å². The molecule has 6 nitrogen and oxygen atoms in total. The summed E-state index contributed by atoms with van der Waals surface area (Å²) in [5.41, 5.74) is 5.26. The summed E-state index contributed by atoms with van der Waals surface area (Å²) in [5, 5.41) is 15.6. The van der Waals surface area contributed by atoms with Crippen molar-refractivity contribution < 1.29 is 19.8 Å². The highest BCUT2D eigenvalue weighted by atomic mass is 35.5. The highest BCUT2D eigenvalue weighted by molar-refractivity contribution is 6.30. The Bertz CT molecular complexity index is 1020. The summed E-state index contributed by atoms with van der Waals surface area (Å²) in [6, 6.07) is 28.2. The van der Waals surface area contributed by atoms with Crippen LogP contribution in [0, 0.1) is 6.92 Å². The molecule has 33 heavy (non-hydrogen) atoms. The Balaban J connectivity index is 0.000000454. The van der Waals surface area contributed by atoms with Crippen molar-refractivity contribution >= 4 is 29.2 Å². The van der Waals surface area contributed by atoms with Gasteiger partial charge in [-0.15, -0.1) is 0 Å². The van der Waals surface area contributed by atoms with Gasteiger partial charge in [-0.2, -0.15) is 0 Å². The number of aliphatic carboxylic acids is 2. The predicted octanol–water partition coefficient (Wildman–Crippen LogP) is 4.72. The van der Waals surface area contributed by atoms with Gasteiger partial charge in [-0.25, -0.2) is 9.59 Å². The Hall–Kier alpha value is -3.35. The first-order valence-electron chi connectivity index (χ1n) is 10.7. The Labute approximate surface area is 198 Å². The van der Waals surface area contributed by atoms with Crippen molar-refractivity contribution in [3.63, 3.8) is 0 Å². The third kappa shape index (κ3) is 6.57. The van der Waals surface area contributed by atoms with E-state index >= 15 is 0 Å². The Morgan fingerprint density at radius 2 is 1.27 bits per heavy atom. The number of halogens is 1. The Kier molecular flexibility index (Phi) is 8.46. The minimum atomic E-state index is -1.82. The summed E-state index contributed by atoms with van der Waals surface area (Å²) in [7, 11) is 0. The Morgan fingerprint density at radius 3 is 1.73 bits per heavy atom. The van der Waals surface area contributed by atoms with E-state index in [2.05, 4.69) is 89.5 Å². The number of piperazine rings is 1. The van der Waals surface area contributed by atoms with Crippen LogP contribution < -0.4 is 4.90 Å².